The van der Waals surface area contributed by atoms with E-state index in [2.05, 4.69) is 42.1 Å². The fraction of sp³-hybridized carbons (Fsp3) is 0.533. The quantitative estimate of drug-likeness (QED) is 0.451. The normalized spacial score (nSPS) is 10.5. The summed E-state index contributed by atoms with van der Waals surface area (Å²) >= 11 is 1.71. The Hall–Kier alpha value is -1.00. The number of esters is 1. The lowest BCUT2D eigenvalue weighted by Gasteiger charge is -2.09. The predicted octanol–water partition coefficient (Wildman–Crippen LogP) is 3.15. The second kappa shape index (κ2) is 8.99. The van der Waals surface area contributed by atoms with Gasteiger partial charge >= 0.3 is 5.97 Å². The number of rotatable bonds is 8. The van der Waals surface area contributed by atoms with Gasteiger partial charge in [-0.15, -0.1) is 11.8 Å². The molecule has 0 aromatic heterocycles. The molecular formula is C15H23NO2S. The summed E-state index contributed by atoms with van der Waals surface area (Å²) in [7, 11) is 1.43. The van der Waals surface area contributed by atoms with Gasteiger partial charge in [-0.1, -0.05) is 19.1 Å². The molecule has 0 bridgehead atoms. The number of aryl methyl sites for hydroxylation is 1. The topological polar surface area (TPSA) is 38.3 Å². The fourth-order valence-electron chi connectivity index (χ4n) is 1.74. The van der Waals surface area contributed by atoms with Crippen LogP contribution in [-0.2, 0) is 16.1 Å². The number of hydrogen-bond donors (Lipinski definition) is 1. The summed E-state index contributed by atoms with van der Waals surface area (Å²) in [5.74, 6) is 0.617. The second-order valence-electron chi connectivity index (χ2n) is 4.45. The van der Waals surface area contributed by atoms with Gasteiger partial charge in [0.1, 0.15) is 0 Å². The van der Waals surface area contributed by atoms with Crippen LogP contribution in [0.3, 0.4) is 0 Å². The van der Waals surface area contributed by atoms with E-state index < -0.39 is 0 Å². The maximum absolute atomic E-state index is 11.0. The van der Waals surface area contributed by atoms with Gasteiger partial charge in [-0.2, -0.15) is 0 Å². The molecule has 0 spiro atoms. The van der Waals surface area contributed by atoms with Crippen LogP contribution < -0.4 is 5.32 Å². The third-order valence-electron chi connectivity index (χ3n) is 2.79. The van der Waals surface area contributed by atoms with E-state index >= 15 is 0 Å². The maximum Gasteiger partial charge on any atom is 0.306 e. The molecule has 0 atom stereocenters. The molecule has 0 aliphatic rings. The molecule has 1 aromatic carbocycles. The molecule has 19 heavy (non-hydrogen) atoms. The van der Waals surface area contributed by atoms with Crippen LogP contribution in [0.5, 0.6) is 0 Å². The van der Waals surface area contributed by atoms with Crippen molar-refractivity contribution < 1.29 is 9.53 Å². The number of benzene rings is 1. The van der Waals surface area contributed by atoms with Gasteiger partial charge in [-0.25, -0.2) is 0 Å². The zero-order valence-electron chi connectivity index (χ0n) is 12.0. The minimum Gasteiger partial charge on any atom is -0.469 e. The van der Waals surface area contributed by atoms with Crippen LogP contribution in [0.15, 0.2) is 23.1 Å². The van der Waals surface area contributed by atoms with Gasteiger partial charge in [0.05, 0.1) is 13.5 Å². The van der Waals surface area contributed by atoms with Gasteiger partial charge in [-0.05, 0) is 37.1 Å². The molecule has 0 aliphatic carbocycles. The van der Waals surface area contributed by atoms with Gasteiger partial charge in [0.15, 0.2) is 0 Å². The summed E-state index contributed by atoms with van der Waals surface area (Å²) in [6, 6.07) is 6.50. The molecule has 1 N–H and O–H groups in total. The van der Waals surface area contributed by atoms with Crippen molar-refractivity contribution in [2.24, 2.45) is 0 Å². The molecular weight excluding hydrogens is 258 g/mol. The lowest BCUT2D eigenvalue weighted by Crippen LogP contribution is -2.13. The Morgan fingerprint density at radius 2 is 2.21 bits per heavy atom. The average Bonchev–Trinajstić information content (AvgIpc) is 2.41. The summed E-state index contributed by atoms with van der Waals surface area (Å²) in [5, 5.41) is 3.40. The van der Waals surface area contributed by atoms with E-state index in [1.54, 1.807) is 11.8 Å². The van der Waals surface area contributed by atoms with Gasteiger partial charge in [-0.3, -0.25) is 4.79 Å². The third-order valence-corrected chi connectivity index (χ3v) is 3.96. The number of hydrogen-bond acceptors (Lipinski definition) is 4. The molecule has 0 radical (unpaired) electrons. The molecule has 1 aromatic rings. The molecule has 0 fully saturated rings. The standard InChI is InChI=1S/C15H23NO2S/c1-4-8-16-11-13-5-6-14(12(2)10-13)19-9-7-15(17)18-3/h5-6,10,16H,4,7-9,11H2,1-3H3. The van der Waals surface area contributed by atoms with Crippen molar-refractivity contribution in [2.75, 3.05) is 19.4 Å². The first kappa shape index (κ1) is 16.1. The van der Waals surface area contributed by atoms with E-state index in [0.29, 0.717) is 6.42 Å². The summed E-state index contributed by atoms with van der Waals surface area (Å²) in [6.45, 7) is 6.25. The first-order chi connectivity index (χ1) is 9.17. The van der Waals surface area contributed by atoms with E-state index in [1.807, 2.05) is 0 Å². The molecule has 3 nitrogen and oxygen atoms in total. The smallest absolute Gasteiger partial charge is 0.306 e. The van der Waals surface area contributed by atoms with Gasteiger partial charge in [0.2, 0.25) is 0 Å². The average molecular weight is 281 g/mol. The number of carbonyl (C=O) groups excluding carboxylic acids is 1. The van der Waals surface area contributed by atoms with Crippen molar-refractivity contribution in [3.05, 3.63) is 29.3 Å². The summed E-state index contributed by atoms with van der Waals surface area (Å²) < 4.78 is 4.63. The molecule has 0 saturated heterocycles. The van der Waals surface area contributed by atoms with Crippen LogP contribution >= 0.6 is 11.8 Å². The monoisotopic (exact) mass is 281 g/mol. The highest BCUT2D eigenvalue weighted by atomic mass is 32.2. The van der Waals surface area contributed by atoms with Crippen molar-refractivity contribution in [1.29, 1.82) is 0 Å². The Bertz CT molecular complexity index is 407. The van der Waals surface area contributed by atoms with Gasteiger partial charge in [0.25, 0.3) is 0 Å². The number of carbonyl (C=O) groups is 1. The number of nitrogens with one attached hydrogen (secondary N) is 1. The largest absolute Gasteiger partial charge is 0.469 e. The Balaban J connectivity index is 2.45. The molecule has 0 amide bonds. The fourth-order valence-corrected chi connectivity index (χ4v) is 2.68. The Kier molecular flexibility index (Phi) is 7.60. The van der Waals surface area contributed by atoms with Crippen molar-refractivity contribution in [2.45, 2.75) is 38.1 Å². The van der Waals surface area contributed by atoms with Crippen LogP contribution in [0.25, 0.3) is 0 Å². The minimum absolute atomic E-state index is 0.148. The predicted molar refractivity (Wildman–Crippen MR) is 80.5 cm³/mol. The highest BCUT2D eigenvalue weighted by Gasteiger charge is 2.04. The van der Waals surface area contributed by atoms with Crippen LogP contribution in [0, 0.1) is 6.92 Å². The molecule has 1 rings (SSSR count). The Morgan fingerprint density at radius 1 is 1.42 bits per heavy atom. The second-order valence-corrected chi connectivity index (χ2v) is 5.59. The summed E-state index contributed by atoms with van der Waals surface area (Å²) in [4.78, 5) is 12.3. The van der Waals surface area contributed by atoms with E-state index in [9.17, 15) is 4.79 Å². The van der Waals surface area contributed by atoms with Crippen molar-refractivity contribution in [3.63, 3.8) is 0 Å². The van der Waals surface area contributed by atoms with Gasteiger partial charge < -0.3 is 10.1 Å². The zero-order valence-corrected chi connectivity index (χ0v) is 12.8. The molecule has 0 heterocycles. The summed E-state index contributed by atoms with van der Waals surface area (Å²) in [5.41, 5.74) is 2.58. The highest BCUT2D eigenvalue weighted by molar-refractivity contribution is 7.99. The van der Waals surface area contributed by atoms with E-state index in [-0.39, 0.29) is 5.97 Å². The van der Waals surface area contributed by atoms with Crippen LogP contribution in [0.1, 0.15) is 30.9 Å². The first-order valence-electron chi connectivity index (χ1n) is 6.67. The van der Waals surface area contributed by atoms with Gasteiger partial charge in [0, 0.05) is 17.2 Å². The van der Waals surface area contributed by atoms with Crippen molar-refractivity contribution in [3.8, 4) is 0 Å². The molecule has 106 valence electrons. The number of thioether (sulfide) groups is 1. The van der Waals surface area contributed by atoms with Crippen LogP contribution in [0.2, 0.25) is 0 Å². The van der Waals surface area contributed by atoms with Crippen LogP contribution in [-0.4, -0.2) is 25.4 Å². The molecule has 0 unspecified atom stereocenters. The number of ether oxygens (including phenoxy) is 1. The number of methoxy groups -OCH3 is 1. The van der Waals surface area contributed by atoms with Crippen molar-refractivity contribution in [1.82, 2.24) is 5.32 Å². The lowest BCUT2D eigenvalue weighted by molar-refractivity contribution is -0.140. The van der Waals surface area contributed by atoms with E-state index in [4.69, 9.17) is 0 Å². The third kappa shape index (κ3) is 6.12. The van der Waals surface area contributed by atoms with E-state index in [0.717, 1.165) is 25.3 Å². The maximum atomic E-state index is 11.0. The molecule has 0 saturated carbocycles. The van der Waals surface area contributed by atoms with Crippen molar-refractivity contribution >= 4 is 17.7 Å². The first-order valence-corrected chi connectivity index (χ1v) is 7.65. The zero-order chi connectivity index (χ0) is 14.1. The lowest BCUT2D eigenvalue weighted by atomic mass is 10.1. The Morgan fingerprint density at radius 3 is 2.84 bits per heavy atom. The highest BCUT2D eigenvalue weighted by Crippen LogP contribution is 2.24. The summed E-state index contributed by atoms with van der Waals surface area (Å²) in [6.07, 6.45) is 1.61. The molecule has 4 heteroatoms. The molecule has 0 aliphatic heterocycles. The minimum atomic E-state index is -0.148. The van der Waals surface area contributed by atoms with Crippen LogP contribution in [0.4, 0.5) is 0 Å². The Labute approximate surface area is 120 Å². The van der Waals surface area contributed by atoms with E-state index in [1.165, 1.54) is 23.1 Å². The SMILES string of the molecule is CCCNCc1ccc(SCCC(=O)OC)c(C)c1.